The van der Waals surface area contributed by atoms with Gasteiger partial charge in [-0.15, -0.1) is 0 Å². The van der Waals surface area contributed by atoms with Gasteiger partial charge in [-0.3, -0.25) is 4.57 Å². The van der Waals surface area contributed by atoms with Gasteiger partial charge < -0.3 is 0 Å². The topological polar surface area (TPSA) is 17.8 Å². The third kappa shape index (κ3) is 2.29. The van der Waals surface area contributed by atoms with Crippen molar-refractivity contribution in [2.45, 2.75) is 13.8 Å². The molecule has 0 N–H and O–H groups in total. The number of aryl methyl sites for hydroxylation is 2. The molecule has 1 heterocycles. The van der Waals surface area contributed by atoms with E-state index in [0.29, 0.717) is 0 Å². The molecule has 2 aromatic carbocycles. The summed E-state index contributed by atoms with van der Waals surface area (Å²) in [7, 11) is 0. The maximum atomic E-state index is 4.49. The third-order valence-corrected chi connectivity index (χ3v) is 3.23. The van der Waals surface area contributed by atoms with Crippen LogP contribution >= 0.6 is 0 Å². The van der Waals surface area contributed by atoms with Crippen molar-refractivity contribution in [2.24, 2.45) is 0 Å². The largest absolute Gasteiger partial charge is 0.300 e. The Balaban J connectivity index is 2.10. The molecule has 2 nitrogen and oxygen atoms in total. The van der Waals surface area contributed by atoms with Crippen LogP contribution in [0.15, 0.2) is 60.9 Å². The Labute approximate surface area is 113 Å². The van der Waals surface area contributed by atoms with Crippen LogP contribution in [0.5, 0.6) is 0 Å². The molecule has 19 heavy (non-hydrogen) atoms. The number of hydrogen-bond donors (Lipinski definition) is 0. The molecule has 0 unspecified atom stereocenters. The van der Waals surface area contributed by atoms with Crippen molar-refractivity contribution < 1.29 is 0 Å². The zero-order valence-electron chi connectivity index (χ0n) is 11.2. The van der Waals surface area contributed by atoms with E-state index in [-0.39, 0.29) is 0 Å². The molecule has 0 saturated heterocycles. The van der Waals surface area contributed by atoms with Crippen LogP contribution in [0.4, 0.5) is 0 Å². The average Bonchev–Trinajstić information content (AvgIpc) is 2.89. The number of rotatable bonds is 2. The zero-order chi connectivity index (χ0) is 13.2. The second kappa shape index (κ2) is 4.73. The highest BCUT2D eigenvalue weighted by Crippen LogP contribution is 2.22. The summed E-state index contributed by atoms with van der Waals surface area (Å²) in [6.07, 6.45) is 3.85. The Morgan fingerprint density at radius 2 is 1.68 bits per heavy atom. The molecular formula is C17H16N2. The second-order valence-corrected chi connectivity index (χ2v) is 4.83. The van der Waals surface area contributed by atoms with Crippen LogP contribution in [0.2, 0.25) is 0 Å². The summed E-state index contributed by atoms with van der Waals surface area (Å²) >= 11 is 0. The van der Waals surface area contributed by atoms with Gasteiger partial charge in [0.15, 0.2) is 0 Å². The van der Waals surface area contributed by atoms with Gasteiger partial charge >= 0.3 is 0 Å². The Morgan fingerprint density at radius 3 is 2.42 bits per heavy atom. The van der Waals surface area contributed by atoms with Gasteiger partial charge in [-0.05, 0) is 32.0 Å². The minimum absolute atomic E-state index is 0.979. The van der Waals surface area contributed by atoms with E-state index in [4.69, 9.17) is 0 Å². The fourth-order valence-electron chi connectivity index (χ4n) is 2.21. The first-order chi connectivity index (χ1) is 9.24. The normalized spacial score (nSPS) is 10.6. The monoisotopic (exact) mass is 248 g/mol. The summed E-state index contributed by atoms with van der Waals surface area (Å²) in [4.78, 5) is 4.49. The van der Waals surface area contributed by atoms with E-state index in [9.17, 15) is 0 Å². The molecule has 0 radical (unpaired) electrons. The molecule has 0 saturated carbocycles. The Hall–Kier alpha value is -2.35. The summed E-state index contributed by atoms with van der Waals surface area (Å²) in [6.45, 7) is 4.20. The number of benzene rings is 2. The van der Waals surface area contributed by atoms with Crippen LogP contribution in [0.25, 0.3) is 17.1 Å². The highest BCUT2D eigenvalue weighted by Gasteiger charge is 2.07. The molecule has 0 fully saturated rings. The van der Waals surface area contributed by atoms with Gasteiger partial charge in [0.1, 0.15) is 5.82 Å². The fraction of sp³-hybridized carbons (Fsp3) is 0.118. The van der Waals surface area contributed by atoms with Gasteiger partial charge in [0.25, 0.3) is 0 Å². The van der Waals surface area contributed by atoms with Gasteiger partial charge in [-0.2, -0.15) is 0 Å². The van der Waals surface area contributed by atoms with Gasteiger partial charge in [0, 0.05) is 23.6 Å². The summed E-state index contributed by atoms with van der Waals surface area (Å²) in [5.74, 6) is 0.979. The van der Waals surface area contributed by atoms with Gasteiger partial charge in [-0.1, -0.05) is 41.5 Å². The standard InChI is InChI=1S/C17H16N2/c1-13-6-8-16(9-7-13)19-11-10-18-17(19)15-5-3-4-14(2)12-15/h3-12H,1-2H3. The number of nitrogens with zero attached hydrogens (tertiary/aromatic N) is 2. The fourth-order valence-corrected chi connectivity index (χ4v) is 2.21. The van der Waals surface area contributed by atoms with Crippen LogP contribution in [0.3, 0.4) is 0 Å². The van der Waals surface area contributed by atoms with Crippen molar-refractivity contribution in [3.8, 4) is 17.1 Å². The highest BCUT2D eigenvalue weighted by atomic mass is 15.1. The summed E-state index contributed by atoms with van der Waals surface area (Å²) in [5, 5.41) is 0. The molecule has 94 valence electrons. The first-order valence-electron chi connectivity index (χ1n) is 6.41. The van der Waals surface area contributed by atoms with Crippen molar-refractivity contribution in [3.05, 3.63) is 72.1 Å². The van der Waals surface area contributed by atoms with Crippen molar-refractivity contribution >= 4 is 0 Å². The van der Waals surface area contributed by atoms with E-state index in [2.05, 4.69) is 71.9 Å². The van der Waals surface area contributed by atoms with E-state index in [1.54, 1.807) is 0 Å². The van der Waals surface area contributed by atoms with E-state index >= 15 is 0 Å². The quantitative estimate of drug-likeness (QED) is 0.666. The van der Waals surface area contributed by atoms with Crippen molar-refractivity contribution in [1.29, 1.82) is 0 Å². The van der Waals surface area contributed by atoms with E-state index in [1.807, 2.05) is 12.4 Å². The second-order valence-electron chi connectivity index (χ2n) is 4.83. The van der Waals surface area contributed by atoms with Crippen molar-refractivity contribution in [3.63, 3.8) is 0 Å². The van der Waals surface area contributed by atoms with E-state index in [1.165, 1.54) is 11.1 Å². The molecule has 0 amide bonds. The summed E-state index contributed by atoms with van der Waals surface area (Å²) in [5.41, 5.74) is 4.79. The SMILES string of the molecule is Cc1ccc(-n2ccnc2-c2cccc(C)c2)cc1. The molecular weight excluding hydrogens is 232 g/mol. The number of imidazole rings is 1. The minimum Gasteiger partial charge on any atom is -0.300 e. The highest BCUT2D eigenvalue weighted by molar-refractivity contribution is 5.59. The molecule has 0 aliphatic carbocycles. The van der Waals surface area contributed by atoms with Crippen LogP contribution in [-0.2, 0) is 0 Å². The van der Waals surface area contributed by atoms with Gasteiger partial charge in [0.05, 0.1) is 0 Å². The van der Waals surface area contributed by atoms with Crippen molar-refractivity contribution in [1.82, 2.24) is 9.55 Å². The molecule has 0 atom stereocenters. The molecule has 3 aromatic rings. The molecule has 1 aromatic heterocycles. The zero-order valence-corrected chi connectivity index (χ0v) is 11.2. The van der Waals surface area contributed by atoms with E-state index < -0.39 is 0 Å². The molecule has 0 spiro atoms. The molecule has 0 bridgehead atoms. The lowest BCUT2D eigenvalue weighted by atomic mass is 10.1. The lowest BCUT2D eigenvalue weighted by Gasteiger charge is -2.08. The third-order valence-electron chi connectivity index (χ3n) is 3.23. The first-order valence-corrected chi connectivity index (χ1v) is 6.41. The Morgan fingerprint density at radius 1 is 0.895 bits per heavy atom. The lowest BCUT2D eigenvalue weighted by molar-refractivity contribution is 1.06. The molecule has 0 aliphatic rings. The van der Waals surface area contributed by atoms with Crippen molar-refractivity contribution in [2.75, 3.05) is 0 Å². The van der Waals surface area contributed by atoms with Crippen LogP contribution < -0.4 is 0 Å². The number of aromatic nitrogens is 2. The molecule has 0 aliphatic heterocycles. The summed E-state index contributed by atoms with van der Waals surface area (Å²) < 4.78 is 2.12. The first kappa shape index (κ1) is 11.7. The van der Waals surface area contributed by atoms with E-state index in [0.717, 1.165) is 17.1 Å². The Kier molecular flexibility index (Phi) is 2.92. The summed E-state index contributed by atoms with van der Waals surface area (Å²) in [6, 6.07) is 16.9. The number of hydrogen-bond acceptors (Lipinski definition) is 1. The maximum absolute atomic E-state index is 4.49. The van der Waals surface area contributed by atoms with Crippen LogP contribution in [-0.4, -0.2) is 9.55 Å². The predicted octanol–water partition coefficient (Wildman–Crippen LogP) is 4.16. The lowest BCUT2D eigenvalue weighted by Crippen LogP contribution is -1.96. The van der Waals surface area contributed by atoms with Gasteiger partial charge in [0.2, 0.25) is 0 Å². The Bertz CT molecular complexity index is 693. The molecule has 2 heteroatoms. The van der Waals surface area contributed by atoms with Crippen LogP contribution in [0.1, 0.15) is 11.1 Å². The van der Waals surface area contributed by atoms with Gasteiger partial charge in [-0.25, -0.2) is 4.98 Å². The maximum Gasteiger partial charge on any atom is 0.144 e. The molecule has 3 rings (SSSR count). The smallest absolute Gasteiger partial charge is 0.144 e. The average molecular weight is 248 g/mol. The predicted molar refractivity (Wildman–Crippen MR) is 78.5 cm³/mol. The van der Waals surface area contributed by atoms with Crippen LogP contribution in [0, 0.1) is 13.8 Å². The minimum atomic E-state index is 0.979.